The summed E-state index contributed by atoms with van der Waals surface area (Å²) in [4.78, 5) is 3.33. The Balaban J connectivity index is 2.53. The summed E-state index contributed by atoms with van der Waals surface area (Å²) in [5.74, 6) is -1.33. The van der Waals surface area contributed by atoms with Gasteiger partial charge in [-0.25, -0.2) is 13.6 Å². The Morgan fingerprint density at radius 3 is 2.29 bits per heavy atom. The molecule has 0 spiro atoms. The molecule has 0 atom stereocenters. The first kappa shape index (κ1) is 11.7. The summed E-state index contributed by atoms with van der Waals surface area (Å²) in [6, 6.07) is 3.68. The highest BCUT2D eigenvalue weighted by Gasteiger charge is 2.19. The normalized spacial score (nSPS) is 15.5. The van der Waals surface area contributed by atoms with E-state index >= 15 is 0 Å². The second kappa shape index (κ2) is 5.07. The molecule has 0 aromatic heterocycles. The number of nitrogens with one attached hydrogen (secondary N) is 1. The van der Waals surface area contributed by atoms with E-state index in [1.165, 1.54) is 18.2 Å². The molecule has 0 unspecified atom stereocenters. The highest BCUT2D eigenvalue weighted by atomic mass is 19.1. The van der Waals surface area contributed by atoms with E-state index in [0.717, 1.165) is 18.7 Å². The summed E-state index contributed by atoms with van der Waals surface area (Å²) in [6.45, 7) is 8.65. The van der Waals surface area contributed by atoms with Gasteiger partial charge in [0.1, 0.15) is 11.6 Å². The van der Waals surface area contributed by atoms with Crippen LogP contribution in [0.1, 0.15) is 18.4 Å². The van der Waals surface area contributed by atoms with Gasteiger partial charge in [-0.05, 0) is 38.1 Å². The van der Waals surface area contributed by atoms with E-state index in [4.69, 9.17) is 6.57 Å². The molecule has 88 valence electrons. The minimum Gasteiger partial charge on any atom is -0.316 e. The van der Waals surface area contributed by atoms with Crippen molar-refractivity contribution in [1.82, 2.24) is 5.32 Å². The Bertz CT molecular complexity index is 472. The maximum atomic E-state index is 13.6. The molecule has 17 heavy (non-hydrogen) atoms. The third-order valence-corrected chi connectivity index (χ3v) is 2.85. The van der Waals surface area contributed by atoms with Crippen LogP contribution in [0.15, 0.2) is 23.8 Å². The van der Waals surface area contributed by atoms with E-state index in [1.54, 1.807) is 0 Å². The molecule has 0 bridgehead atoms. The Morgan fingerprint density at radius 2 is 1.76 bits per heavy atom. The van der Waals surface area contributed by atoms with Gasteiger partial charge in [0.25, 0.3) is 0 Å². The van der Waals surface area contributed by atoms with Crippen molar-refractivity contribution in [3.63, 3.8) is 0 Å². The van der Waals surface area contributed by atoms with Crippen LogP contribution in [0.25, 0.3) is 10.5 Å². The molecule has 1 N–H and O–H groups in total. The molecule has 0 amide bonds. The molecule has 2 nitrogen and oxygen atoms in total. The van der Waals surface area contributed by atoms with Gasteiger partial charge in [-0.1, -0.05) is 11.6 Å². The predicted molar refractivity (Wildman–Crippen MR) is 62.0 cm³/mol. The van der Waals surface area contributed by atoms with Crippen molar-refractivity contribution in [2.75, 3.05) is 13.1 Å². The van der Waals surface area contributed by atoms with Crippen molar-refractivity contribution in [3.8, 4) is 0 Å². The molecule has 0 aliphatic carbocycles. The van der Waals surface area contributed by atoms with Crippen LogP contribution in [0, 0.1) is 18.2 Å². The predicted octanol–water partition coefficient (Wildman–Crippen LogP) is 2.98. The van der Waals surface area contributed by atoms with Crippen molar-refractivity contribution in [2.45, 2.75) is 12.8 Å². The van der Waals surface area contributed by atoms with Crippen molar-refractivity contribution in [1.29, 1.82) is 0 Å². The molecule has 0 radical (unpaired) electrons. The third-order valence-electron chi connectivity index (χ3n) is 2.85. The number of nitrogens with zero attached hydrogens (tertiary/aromatic N) is 1. The molecule has 1 aromatic carbocycles. The molecule has 4 heteroatoms. The number of hydrogen-bond acceptors (Lipinski definition) is 1. The lowest BCUT2D eigenvalue weighted by Gasteiger charge is -2.17. The molecular formula is C13H12F2N2. The van der Waals surface area contributed by atoms with Crippen molar-refractivity contribution in [2.24, 2.45) is 0 Å². The Kier molecular flexibility index (Phi) is 3.50. The lowest BCUT2D eigenvalue weighted by Crippen LogP contribution is -2.23. The maximum Gasteiger partial charge on any atom is 0.199 e. The summed E-state index contributed by atoms with van der Waals surface area (Å²) in [7, 11) is 0. The van der Waals surface area contributed by atoms with Gasteiger partial charge in [0.15, 0.2) is 5.70 Å². The van der Waals surface area contributed by atoms with E-state index in [9.17, 15) is 8.78 Å². The van der Waals surface area contributed by atoms with E-state index in [2.05, 4.69) is 10.2 Å². The monoisotopic (exact) mass is 234 g/mol. The Morgan fingerprint density at radius 1 is 1.18 bits per heavy atom. The van der Waals surface area contributed by atoms with Crippen molar-refractivity contribution < 1.29 is 8.78 Å². The molecule has 1 aromatic rings. The van der Waals surface area contributed by atoms with E-state index in [0.29, 0.717) is 12.8 Å². The minimum absolute atomic E-state index is 0.141. The Hall–Kier alpha value is -1.73. The third kappa shape index (κ3) is 2.34. The SMILES string of the molecule is [C-]#[N+]C(=C1CCNCC1)c1c(F)cccc1F. The number of piperidine rings is 1. The van der Waals surface area contributed by atoms with Crippen LogP contribution in [-0.4, -0.2) is 13.1 Å². The quantitative estimate of drug-likeness (QED) is 0.739. The van der Waals surface area contributed by atoms with Gasteiger partial charge >= 0.3 is 0 Å². The van der Waals surface area contributed by atoms with E-state index < -0.39 is 11.6 Å². The molecule has 1 aliphatic rings. The summed E-state index contributed by atoms with van der Waals surface area (Å²) < 4.78 is 27.2. The van der Waals surface area contributed by atoms with Crippen LogP contribution in [0.5, 0.6) is 0 Å². The van der Waals surface area contributed by atoms with E-state index in [1.807, 2.05) is 0 Å². The average molecular weight is 234 g/mol. The first-order chi connectivity index (χ1) is 8.24. The zero-order valence-electron chi connectivity index (χ0n) is 9.26. The number of benzene rings is 1. The number of halogens is 2. The lowest BCUT2D eigenvalue weighted by molar-refractivity contribution is 0.574. The van der Waals surface area contributed by atoms with Crippen LogP contribution in [0.2, 0.25) is 0 Å². The maximum absolute atomic E-state index is 13.6. The molecule has 0 saturated carbocycles. The minimum atomic E-state index is -0.665. The fraction of sp³-hybridized carbons (Fsp3) is 0.308. The van der Waals surface area contributed by atoms with Gasteiger partial charge in [-0.3, -0.25) is 0 Å². The number of hydrogen-bond donors (Lipinski definition) is 1. The second-order valence-electron chi connectivity index (χ2n) is 3.91. The van der Waals surface area contributed by atoms with Gasteiger partial charge in [0, 0.05) is 0 Å². The highest BCUT2D eigenvalue weighted by Crippen LogP contribution is 2.29. The average Bonchev–Trinajstić information content (AvgIpc) is 2.35. The van der Waals surface area contributed by atoms with Crippen LogP contribution in [0.3, 0.4) is 0 Å². The summed E-state index contributed by atoms with van der Waals surface area (Å²) >= 11 is 0. The molecular weight excluding hydrogens is 222 g/mol. The number of rotatable bonds is 1. The van der Waals surface area contributed by atoms with E-state index in [-0.39, 0.29) is 11.3 Å². The standard InChI is InChI=1S/C13H12F2N2/c1-16-13(9-5-7-17-8-6-9)12-10(14)3-2-4-11(12)15/h2-4,17H,5-8H2. The van der Waals surface area contributed by atoms with Gasteiger partial charge in [-0.2, -0.15) is 0 Å². The van der Waals surface area contributed by atoms with Crippen LogP contribution < -0.4 is 5.32 Å². The fourth-order valence-electron chi connectivity index (χ4n) is 2.00. The largest absolute Gasteiger partial charge is 0.316 e. The second-order valence-corrected chi connectivity index (χ2v) is 3.91. The van der Waals surface area contributed by atoms with Crippen LogP contribution in [0.4, 0.5) is 8.78 Å². The van der Waals surface area contributed by atoms with Crippen molar-refractivity contribution >= 4 is 5.70 Å². The Labute approximate surface area is 98.8 Å². The first-order valence-electron chi connectivity index (χ1n) is 5.48. The smallest absolute Gasteiger partial charge is 0.199 e. The molecule has 1 aliphatic heterocycles. The summed E-state index contributed by atoms with van der Waals surface area (Å²) in [5, 5.41) is 3.15. The van der Waals surface area contributed by atoms with Crippen molar-refractivity contribution in [3.05, 3.63) is 52.4 Å². The fourth-order valence-corrected chi connectivity index (χ4v) is 2.00. The lowest BCUT2D eigenvalue weighted by atomic mass is 9.98. The zero-order chi connectivity index (χ0) is 12.3. The zero-order valence-corrected chi connectivity index (χ0v) is 9.26. The molecule has 2 rings (SSSR count). The van der Waals surface area contributed by atoms with Gasteiger partial charge in [-0.15, -0.1) is 0 Å². The summed E-state index contributed by atoms with van der Waals surface area (Å²) in [6.07, 6.45) is 1.34. The highest BCUT2D eigenvalue weighted by molar-refractivity contribution is 5.74. The van der Waals surface area contributed by atoms with Crippen LogP contribution in [-0.2, 0) is 0 Å². The topological polar surface area (TPSA) is 16.4 Å². The van der Waals surface area contributed by atoms with Gasteiger partial charge in [0.05, 0.1) is 12.1 Å². The van der Waals surface area contributed by atoms with Gasteiger partial charge < -0.3 is 5.32 Å². The van der Waals surface area contributed by atoms with Crippen LogP contribution >= 0.6 is 0 Å². The van der Waals surface area contributed by atoms with Gasteiger partial charge in [0.2, 0.25) is 0 Å². The molecule has 1 heterocycles. The molecule has 1 fully saturated rings. The first-order valence-corrected chi connectivity index (χ1v) is 5.48. The summed E-state index contributed by atoms with van der Waals surface area (Å²) in [5.41, 5.74) is 0.796. The molecule has 1 saturated heterocycles.